The average Bonchev–Trinajstić information content (AvgIpc) is 2.83. The number of hydrogen-bond acceptors (Lipinski definition) is 9. The first kappa shape index (κ1) is 37.3. The van der Waals surface area contributed by atoms with E-state index in [1.807, 2.05) is 0 Å². The van der Waals surface area contributed by atoms with Crippen LogP contribution < -0.4 is 26.6 Å². The third kappa shape index (κ3) is 13.5. The lowest BCUT2D eigenvalue weighted by molar-refractivity contribution is -0.150. The number of carbonyl (C=O) groups excluding carboxylic acids is 7. The monoisotopic (exact) mass is 585 g/mol. The SMILES string of the molecule is CCOC(=O)[C@@H](NC(=O)[C@@H](CCNC(=O)C[C@@](C)(NC(C)=O)C(=O)N[C@H](C(=O)OCC)C(C)C)NC(C)=O)C(C)C. The van der Waals surface area contributed by atoms with Crippen molar-refractivity contribution in [1.29, 1.82) is 0 Å². The Labute approximate surface area is 241 Å². The van der Waals surface area contributed by atoms with Crippen LogP contribution in [0.15, 0.2) is 0 Å². The van der Waals surface area contributed by atoms with Crippen molar-refractivity contribution in [2.24, 2.45) is 11.8 Å². The molecule has 41 heavy (non-hydrogen) atoms. The van der Waals surface area contributed by atoms with Gasteiger partial charge in [0.2, 0.25) is 29.5 Å². The summed E-state index contributed by atoms with van der Waals surface area (Å²) >= 11 is 0. The highest BCUT2D eigenvalue weighted by molar-refractivity contribution is 5.97. The molecule has 14 heteroatoms. The lowest BCUT2D eigenvalue weighted by Crippen LogP contribution is -2.61. The van der Waals surface area contributed by atoms with Crippen LogP contribution in [0.5, 0.6) is 0 Å². The maximum absolute atomic E-state index is 13.2. The van der Waals surface area contributed by atoms with Gasteiger partial charge in [0, 0.05) is 20.4 Å². The molecule has 0 aliphatic heterocycles. The molecule has 234 valence electrons. The summed E-state index contributed by atoms with van der Waals surface area (Å²) in [5.41, 5.74) is -1.71. The topological polar surface area (TPSA) is 198 Å². The zero-order chi connectivity index (χ0) is 31.9. The van der Waals surface area contributed by atoms with E-state index in [1.54, 1.807) is 41.5 Å². The Kier molecular flexibility index (Phi) is 16.3. The molecule has 0 aromatic heterocycles. The van der Waals surface area contributed by atoms with Crippen LogP contribution in [0.1, 0.15) is 75.2 Å². The van der Waals surface area contributed by atoms with E-state index in [0.717, 1.165) is 0 Å². The van der Waals surface area contributed by atoms with E-state index in [2.05, 4.69) is 26.6 Å². The van der Waals surface area contributed by atoms with Crippen LogP contribution in [-0.2, 0) is 43.0 Å². The summed E-state index contributed by atoms with van der Waals surface area (Å²) in [6, 6.07) is -3.01. The zero-order valence-electron chi connectivity index (χ0n) is 25.6. The average molecular weight is 586 g/mol. The molecule has 5 N–H and O–H groups in total. The highest BCUT2D eigenvalue weighted by Gasteiger charge is 2.39. The number of ether oxygens (including phenoxy) is 2. The molecule has 0 aliphatic carbocycles. The molecule has 14 nitrogen and oxygen atoms in total. The molecule has 0 aliphatic rings. The molecule has 4 atom stereocenters. The van der Waals surface area contributed by atoms with Crippen LogP contribution >= 0.6 is 0 Å². The van der Waals surface area contributed by atoms with Crippen molar-refractivity contribution in [2.45, 2.75) is 98.8 Å². The first-order chi connectivity index (χ1) is 19.0. The first-order valence-electron chi connectivity index (χ1n) is 13.8. The Morgan fingerprint density at radius 1 is 0.732 bits per heavy atom. The smallest absolute Gasteiger partial charge is 0.328 e. The molecule has 0 radical (unpaired) electrons. The fourth-order valence-corrected chi connectivity index (χ4v) is 3.84. The van der Waals surface area contributed by atoms with Gasteiger partial charge in [0.15, 0.2) is 0 Å². The van der Waals surface area contributed by atoms with Gasteiger partial charge in [0.05, 0.1) is 19.6 Å². The van der Waals surface area contributed by atoms with Crippen LogP contribution in [0.4, 0.5) is 0 Å². The van der Waals surface area contributed by atoms with Gasteiger partial charge in [-0.25, -0.2) is 9.59 Å². The summed E-state index contributed by atoms with van der Waals surface area (Å²) in [6.45, 7) is 14.1. The summed E-state index contributed by atoms with van der Waals surface area (Å²) in [5, 5.41) is 12.7. The summed E-state index contributed by atoms with van der Waals surface area (Å²) in [6.07, 6.45) is -0.520. The molecule has 0 rings (SSSR count). The van der Waals surface area contributed by atoms with Crippen LogP contribution in [-0.4, -0.2) is 84.9 Å². The van der Waals surface area contributed by atoms with Crippen LogP contribution in [0, 0.1) is 11.8 Å². The fourth-order valence-electron chi connectivity index (χ4n) is 3.84. The van der Waals surface area contributed by atoms with Gasteiger partial charge in [0.25, 0.3) is 0 Å². The highest BCUT2D eigenvalue weighted by Crippen LogP contribution is 2.14. The van der Waals surface area contributed by atoms with E-state index in [0.29, 0.717) is 0 Å². The molecule has 0 aromatic carbocycles. The maximum Gasteiger partial charge on any atom is 0.328 e. The van der Waals surface area contributed by atoms with Gasteiger partial charge < -0.3 is 36.1 Å². The van der Waals surface area contributed by atoms with E-state index in [4.69, 9.17) is 9.47 Å². The summed E-state index contributed by atoms with van der Waals surface area (Å²) < 4.78 is 10.0. The second-order valence-corrected chi connectivity index (χ2v) is 10.5. The second kappa shape index (κ2) is 17.9. The summed E-state index contributed by atoms with van der Waals surface area (Å²) in [5.74, 6) is -4.97. The number of rotatable bonds is 17. The number of hydrogen-bond donors (Lipinski definition) is 5. The Morgan fingerprint density at radius 2 is 1.22 bits per heavy atom. The Hall–Kier alpha value is -3.71. The largest absolute Gasteiger partial charge is 0.464 e. The van der Waals surface area contributed by atoms with Crippen molar-refractivity contribution >= 4 is 41.5 Å². The van der Waals surface area contributed by atoms with Gasteiger partial charge in [0.1, 0.15) is 23.7 Å². The Balaban J connectivity index is 5.50. The predicted octanol–water partition coefficient (Wildman–Crippen LogP) is -0.310. The molecule has 0 aromatic rings. The highest BCUT2D eigenvalue weighted by atomic mass is 16.5. The minimum atomic E-state index is -1.71. The number of amides is 5. The van der Waals surface area contributed by atoms with Gasteiger partial charge >= 0.3 is 11.9 Å². The van der Waals surface area contributed by atoms with Crippen molar-refractivity contribution < 1.29 is 43.0 Å². The van der Waals surface area contributed by atoms with E-state index in [-0.39, 0.29) is 38.0 Å². The van der Waals surface area contributed by atoms with E-state index < -0.39 is 71.6 Å². The predicted molar refractivity (Wildman–Crippen MR) is 149 cm³/mol. The summed E-state index contributed by atoms with van der Waals surface area (Å²) in [4.78, 5) is 87.0. The molecule has 0 saturated heterocycles. The molecular weight excluding hydrogens is 538 g/mol. The molecular formula is C27H47N5O9. The third-order valence-corrected chi connectivity index (χ3v) is 5.92. The van der Waals surface area contributed by atoms with Crippen molar-refractivity contribution in [2.75, 3.05) is 19.8 Å². The van der Waals surface area contributed by atoms with E-state index in [1.165, 1.54) is 20.8 Å². The van der Waals surface area contributed by atoms with E-state index >= 15 is 0 Å². The van der Waals surface area contributed by atoms with Crippen LogP contribution in [0.2, 0.25) is 0 Å². The molecule has 0 saturated carbocycles. The van der Waals surface area contributed by atoms with E-state index in [9.17, 15) is 33.6 Å². The van der Waals surface area contributed by atoms with Crippen molar-refractivity contribution in [1.82, 2.24) is 26.6 Å². The minimum Gasteiger partial charge on any atom is -0.464 e. The number of nitrogens with one attached hydrogen (secondary N) is 5. The molecule has 0 unspecified atom stereocenters. The van der Waals surface area contributed by atoms with Crippen LogP contribution in [0.3, 0.4) is 0 Å². The quantitative estimate of drug-likeness (QED) is 0.142. The molecule has 0 bridgehead atoms. The lowest BCUT2D eigenvalue weighted by Gasteiger charge is -2.31. The normalized spacial score (nSPS) is 14.5. The maximum atomic E-state index is 13.2. The fraction of sp³-hybridized carbons (Fsp3) is 0.741. The standard InChI is InChI=1S/C27H47N5O9/c1-10-40-24(37)21(15(3)4)30-23(36)19(29-17(7)33)12-13-28-20(35)14-27(9,32-18(8)34)26(39)31-22(16(5)6)25(38)41-11-2/h15-16,19,21-22H,10-14H2,1-9H3,(H,28,35)(H,29,33)(H,30,36)(H,31,39)(H,32,34)/t19-,21+,22+,27-/m1/s1. The van der Waals surface area contributed by atoms with Gasteiger partial charge in [-0.1, -0.05) is 27.7 Å². The third-order valence-electron chi connectivity index (χ3n) is 5.92. The van der Waals surface area contributed by atoms with Crippen LogP contribution in [0.25, 0.3) is 0 Å². The van der Waals surface area contributed by atoms with Crippen molar-refractivity contribution in [3.05, 3.63) is 0 Å². The number of esters is 2. The first-order valence-corrected chi connectivity index (χ1v) is 13.8. The molecule has 5 amide bonds. The van der Waals surface area contributed by atoms with Crippen molar-refractivity contribution in [3.8, 4) is 0 Å². The van der Waals surface area contributed by atoms with Gasteiger partial charge in [-0.3, -0.25) is 24.0 Å². The second-order valence-electron chi connectivity index (χ2n) is 10.5. The van der Waals surface area contributed by atoms with Gasteiger partial charge in [-0.15, -0.1) is 0 Å². The Morgan fingerprint density at radius 3 is 1.63 bits per heavy atom. The lowest BCUT2D eigenvalue weighted by atomic mass is 9.94. The molecule has 0 spiro atoms. The summed E-state index contributed by atoms with van der Waals surface area (Å²) in [7, 11) is 0. The zero-order valence-corrected chi connectivity index (χ0v) is 25.6. The minimum absolute atomic E-state index is 0.0356. The van der Waals surface area contributed by atoms with Gasteiger partial charge in [-0.2, -0.15) is 0 Å². The Bertz CT molecular complexity index is 953. The van der Waals surface area contributed by atoms with Crippen molar-refractivity contribution in [3.63, 3.8) is 0 Å². The number of carbonyl (C=O) groups is 7. The molecule has 0 fully saturated rings. The van der Waals surface area contributed by atoms with Gasteiger partial charge in [-0.05, 0) is 39.0 Å². The molecule has 0 heterocycles.